The summed E-state index contributed by atoms with van der Waals surface area (Å²) in [6, 6.07) is 7.75. The quantitative estimate of drug-likeness (QED) is 0.555. The summed E-state index contributed by atoms with van der Waals surface area (Å²) in [4.78, 5) is 17.0. The zero-order valence-electron chi connectivity index (χ0n) is 21.3. The number of amides is 1. The predicted octanol–water partition coefficient (Wildman–Crippen LogP) is 2.80. The zero-order chi connectivity index (χ0) is 25.1. The van der Waals surface area contributed by atoms with E-state index in [0.717, 1.165) is 48.6 Å². The maximum Gasteiger partial charge on any atom is 0.227 e. The predicted molar refractivity (Wildman–Crippen MR) is 133 cm³/mol. The Hall–Kier alpha value is -2.97. The molecule has 4 rings (SSSR count). The van der Waals surface area contributed by atoms with Gasteiger partial charge in [0, 0.05) is 19.0 Å². The number of aliphatic hydroxyl groups is 1. The molecule has 1 amide bonds. The Morgan fingerprint density at radius 2 is 1.49 bits per heavy atom. The minimum absolute atomic E-state index is 0.0200. The molecular weight excluding hydrogens is 448 g/mol. The van der Waals surface area contributed by atoms with Gasteiger partial charge < -0.3 is 33.9 Å². The molecule has 2 aliphatic rings. The van der Waals surface area contributed by atoms with Crippen LogP contribution in [0.25, 0.3) is 0 Å². The fourth-order valence-corrected chi connectivity index (χ4v) is 5.20. The van der Waals surface area contributed by atoms with Gasteiger partial charge in [-0.25, -0.2) is 0 Å². The van der Waals surface area contributed by atoms with Crippen molar-refractivity contribution in [3.05, 3.63) is 46.5 Å². The third-order valence-corrected chi connectivity index (χ3v) is 7.14. The van der Waals surface area contributed by atoms with E-state index in [4.69, 9.17) is 18.9 Å². The highest BCUT2D eigenvalue weighted by molar-refractivity contribution is 5.80. The summed E-state index contributed by atoms with van der Waals surface area (Å²) in [7, 11) is 8.58. The van der Waals surface area contributed by atoms with Crippen LogP contribution >= 0.6 is 0 Å². The second-order valence-electron chi connectivity index (χ2n) is 9.36. The van der Waals surface area contributed by atoms with Crippen molar-refractivity contribution in [2.75, 3.05) is 61.7 Å². The molecule has 0 bridgehead atoms. The SMILES string of the molecule is COc1cc2c(cc1OC)C(O)CN(CCCN(C)C[C@@H]1Cc3cc(OC)c(OC)cc31)C(=O)C2. The molecule has 2 aromatic carbocycles. The van der Waals surface area contributed by atoms with Gasteiger partial charge in [-0.2, -0.15) is 0 Å². The lowest BCUT2D eigenvalue weighted by Gasteiger charge is -2.34. The van der Waals surface area contributed by atoms with Crippen LogP contribution in [0.4, 0.5) is 0 Å². The van der Waals surface area contributed by atoms with E-state index in [2.05, 4.69) is 24.1 Å². The third kappa shape index (κ3) is 5.18. The first-order valence-electron chi connectivity index (χ1n) is 12.0. The van der Waals surface area contributed by atoms with Crippen molar-refractivity contribution in [1.29, 1.82) is 0 Å². The lowest BCUT2D eigenvalue weighted by atomic mass is 9.77. The number of fused-ring (bicyclic) bond motifs is 2. The molecule has 0 saturated carbocycles. The Labute approximate surface area is 207 Å². The molecule has 1 heterocycles. The number of β-amino-alcohol motifs (C(OH)–C–C–N with tert-alkyl or cyclic N) is 1. The fourth-order valence-electron chi connectivity index (χ4n) is 5.20. The van der Waals surface area contributed by atoms with E-state index in [0.29, 0.717) is 24.0 Å². The summed E-state index contributed by atoms with van der Waals surface area (Å²) in [5.41, 5.74) is 4.16. The minimum atomic E-state index is -0.757. The van der Waals surface area contributed by atoms with E-state index in [1.807, 2.05) is 0 Å². The van der Waals surface area contributed by atoms with Gasteiger partial charge in [0.15, 0.2) is 23.0 Å². The first-order chi connectivity index (χ1) is 16.9. The van der Waals surface area contributed by atoms with Gasteiger partial charge in [-0.3, -0.25) is 4.79 Å². The van der Waals surface area contributed by atoms with Crippen LogP contribution in [0.5, 0.6) is 23.0 Å². The Balaban J connectivity index is 1.31. The molecule has 0 spiro atoms. The average molecular weight is 485 g/mol. The van der Waals surface area contributed by atoms with Crippen LogP contribution in [-0.4, -0.2) is 82.5 Å². The Morgan fingerprint density at radius 3 is 2.11 bits per heavy atom. The summed E-state index contributed by atoms with van der Waals surface area (Å²) < 4.78 is 21.6. The van der Waals surface area contributed by atoms with Crippen molar-refractivity contribution >= 4 is 5.91 Å². The Morgan fingerprint density at radius 1 is 0.914 bits per heavy atom. The highest BCUT2D eigenvalue weighted by atomic mass is 16.5. The van der Waals surface area contributed by atoms with E-state index < -0.39 is 6.10 Å². The number of nitrogens with zero attached hydrogens (tertiary/aromatic N) is 2. The topological polar surface area (TPSA) is 80.7 Å². The molecule has 1 aliphatic carbocycles. The van der Waals surface area contributed by atoms with E-state index >= 15 is 0 Å². The van der Waals surface area contributed by atoms with Crippen LogP contribution in [0.15, 0.2) is 24.3 Å². The maximum absolute atomic E-state index is 12.9. The monoisotopic (exact) mass is 484 g/mol. The summed E-state index contributed by atoms with van der Waals surface area (Å²) >= 11 is 0. The zero-order valence-corrected chi connectivity index (χ0v) is 21.3. The van der Waals surface area contributed by atoms with Gasteiger partial charge in [0.05, 0.1) is 47.5 Å². The van der Waals surface area contributed by atoms with Gasteiger partial charge >= 0.3 is 0 Å². The molecule has 35 heavy (non-hydrogen) atoms. The molecule has 190 valence electrons. The number of hydrogen-bond donors (Lipinski definition) is 1. The van der Waals surface area contributed by atoms with Gasteiger partial charge in [0.2, 0.25) is 5.91 Å². The minimum Gasteiger partial charge on any atom is -0.493 e. The number of carbonyl (C=O) groups is 1. The van der Waals surface area contributed by atoms with Crippen LogP contribution in [0, 0.1) is 0 Å². The first kappa shape index (κ1) is 25.1. The van der Waals surface area contributed by atoms with Crippen molar-refractivity contribution in [2.45, 2.75) is 31.3 Å². The van der Waals surface area contributed by atoms with Gasteiger partial charge in [-0.1, -0.05) is 0 Å². The number of carbonyl (C=O) groups excluding carboxylic acids is 1. The highest BCUT2D eigenvalue weighted by Gasteiger charge is 2.30. The molecule has 8 nitrogen and oxygen atoms in total. The first-order valence-corrected chi connectivity index (χ1v) is 12.0. The molecule has 0 radical (unpaired) electrons. The van der Waals surface area contributed by atoms with Crippen LogP contribution in [0.2, 0.25) is 0 Å². The van der Waals surface area contributed by atoms with Crippen molar-refractivity contribution < 1.29 is 28.8 Å². The highest BCUT2D eigenvalue weighted by Crippen LogP contribution is 2.42. The number of ether oxygens (including phenoxy) is 4. The smallest absolute Gasteiger partial charge is 0.227 e. The summed E-state index contributed by atoms with van der Waals surface area (Å²) in [5.74, 6) is 3.16. The van der Waals surface area contributed by atoms with Gasteiger partial charge in [-0.05, 0) is 73.0 Å². The van der Waals surface area contributed by atoms with E-state index in [-0.39, 0.29) is 18.9 Å². The average Bonchev–Trinajstić information content (AvgIpc) is 2.96. The molecule has 2 atom stereocenters. The molecule has 0 fully saturated rings. The molecule has 0 saturated heterocycles. The lowest BCUT2D eigenvalue weighted by molar-refractivity contribution is -0.131. The molecule has 2 aromatic rings. The normalized spacial score (nSPS) is 18.9. The summed E-state index contributed by atoms with van der Waals surface area (Å²) in [6.45, 7) is 2.70. The second kappa shape index (κ2) is 10.7. The molecular formula is C27H36N2O6. The van der Waals surface area contributed by atoms with Gasteiger partial charge in [0.1, 0.15) is 0 Å². The maximum atomic E-state index is 12.9. The van der Waals surface area contributed by atoms with E-state index in [1.54, 1.807) is 45.5 Å². The van der Waals surface area contributed by atoms with Crippen molar-refractivity contribution in [1.82, 2.24) is 9.80 Å². The van der Waals surface area contributed by atoms with E-state index in [9.17, 15) is 9.90 Å². The van der Waals surface area contributed by atoms with Gasteiger partial charge in [0.25, 0.3) is 0 Å². The van der Waals surface area contributed by atoms with Crippen LogP contribution in [0.3, 0.4) is 0 Å². The number of likely N-dealkylation sites (N-methyl/N-ethyl adjacent to an activating group) is 1. The third-order valence-electron chi connectivity index (χ3n) is 7.14. The van der Waals surface area contributed by atoms with E-state index in [1.165, 1.54) is 11.1 Å². The fraction of sp³-hybridized carbons (Fsp3) is 0.519. The molecule has 1 unspecified atom stereocenters. The van der Waals surface area contributed by atoms with Gasteiger partial charge in [-0.15, -0.1) is 0 Å². The lowest BCUT2D eigenvalue weighted by Crippen LogP contribution is -2.37. The molecule has 0 aromatic heterocycles. The van der Waals surface area contributed by atoms with Crippen molar-refractivity contribution in [3.8, 4) is 23.0 Å². The summed E-state index contributed by atoms with van der Waals surface area (Å²) in [5, 5.41) is 10.8. The number of hydrogen-bond acceptors (Lipinski definition) is 7. The Bertz CT molecular complexity index is 1070. The number of rotatable bonds is 10. The number of aliphatic hydroxyl groups excluding tert-OH is 1. The second-order valence-corrected chi connectivity index (χ2v) is 9.36. The molecule has 1 N–H and O–H groups in total. The van der Waals surface area contributed by atoms with Crippen molar-refractivity contribution in [2.24, 2.45) is 0 Å². The van der Waals surface area contributed by atoms with Crippen LogP contribution < -0.4 is 18.9 Å². The summed E-state index contributed by atoms with van der Waals surface area (Å²) in [6.07, 6.45) is 1.35. The number of methoxy groups -OCH3 is 4. The number of benzene rings is 2. The standard InChI is InChI=1S/C27H36N2O6/c1-28(15-19-9-17-10-23(32-2)25(34-4)13-20(17)19)7-6-8-29-16-22(30)21-14-26(35-5)24(33-3)11-18(21)12-27(29)31/h10-11,13-14,19,22,30H,6-9,12,15-16H2,1-5H3/t19-,22?/m0/s1. The molecule has 1 aliphatic heterocycles. The van der Waals surface area contributed by atoms with Crippen molar-refractivity contribution in [3.63, 3.8) is 0 Å². The largest absolute Gasteiger partial charge is 0.493 e. The van der Waals surface area contributed by atoms with Crippen LogP contribution in [-0.2, 0) is 17.6 Å². The Kier molecular flexibility index (Phi) is 7.72. The molecule has 8 heteroatoms. The van der Waals surface area contributed by atoms with Crippen LogP contribution in [0.1, 0.15) is 40.7 Å².